The van der Waals surface area contributed by atoms with Crippen molar-refractivity contribution < 1.29 is 14.0 Å². The second kappa shape index (κ2) is 9.44. The van der Waals surface area contributed by atoms with E-state index in [-0.39, 0.29) is 11.8 Å². The predicted molar refractivity (Wildman–Crippen MR) is 111 cm³/mol. The molecule has 0 saturated carbocycles. The second-order valence-electron chi connectivity index (χ2n) is 7.27. The highest BCUT2D eigenvalue weighted by Gasteiger charge is 2.25. The Bertz CT molecular complexity index is 795. The zero-order valence-electron chi connectivity index (χ0n) is 16.7. The van der Waals surface area contributed by atoms with Gasteiger partial charge in [0.15, 0.2) is 0 Å². The van der Waals surface area contributed by atoms with Crippen LogP contribution in [0.25, 0.3) is 0 Å². The van der Waals surface area contributed by atoms with Crippen LogP contribution in [0, 0.1) is 0 Å². The fourth-order valence-electron chi connectivity index (χ4n) is 3.58. The first-order valence-corrected chi connectivity index (χ1v) is 10.1. The van der Waals surface area contributed by atoms with E-state index >= 15 is 0 Å². The first kappa shape index (κ1) is 20.0. The summed E-state index contributed by atoms with van der Waals surface area (Å²) in [5.74, 6) is 0.744. The molecule has 2 aromatic rings. The van der Waals surface area contributed by atoms with Crippen LogP contribution in [0.15, 0.2) is 41.0 Å². The Balaban J connectivity index is 1.96. The van der Waals surface area contributed by atoms with Gasteiger partial charge in [0.2, 0.25) is 5.91 Å². The Morgan fingerprint density at radius 3 is 2.64 bits per heavy atom. The maximum atomic E-state index is 13.2. The third-order valence-corrected chi connectivity index (χ3v) is 4.99. The summed E-state index contributed by atoms with van der Waals surface area (Å²) in [4.78, 5) is 28.8. The molecule has 0 radical (unpaired) electrons. The highest BCUT2D eigenvalue weighted by molar-refractivity contribution is 6.02. The van der Waals surface area contributed by atoms with E-state index in [1.165, 1.54) is 6.92 Å². The van der Waals surface area contributed by atoms with Gasteiger partial charge >= 0.3 is 0 Å². The number of hydrogen-bond donors (Lipinski definition) is 1. The third kappa shape index (κ3) is 4.94. The summed E-state index contributed by atoms with van der Waals surface area (Å²) < 4.78 is 5.55. The SMILES string of the molecule is CCCCN(Cc1ccco1)c1ccc(NC(C)=O)cc1C(=O)N1CCCC1. The lowest BCUT2D eigenvalue weighted by Crippen LogP contribution is -2.31. The van der Waals surface area contributed by atoms with Crippen LogP contribution >= 0.6 is 0 Å². The minimum absolute atomic E-state index is 0.0284. The fraction of sp³-hybridized carbons (Fsp3) is 0.455. The summed E-state index contributed by atoms with van der Waals surface area (Å²) in [6.45, 7) is 6.64. The molecule has 1 aliphatic heterocycles. The Labute approximate surface area is 166 Å². The van der Waals surface area contributed by atoms with Crippen molar-refractivity contribution in [3.05, 3.63) is 47.9 Å². The molecule has 1 N–H and O–H groups in total. The number of amides is 2. The molecule has 2 amide bonds. The molecule has 1 saturated heterocycles. The number of carbonyl (C=O) groups excluding carboxylic acids is 2. The Hall–Kier alpha value is -2.76. The molecule has 2 heterocycles. The van der Waals surface area contributed by atoms with E-state index in [1.54, 1.807) is 12.3 Å². The molecule has 0 unspecified atom stereocenters. The zero-order chi connectivity index (χ0) is 19.9. The molecule has 1 fully saturated rings. The molecular weight excluding hydrogens is 354 g/mol. The lowest BCUT2D eigenvalue weighted by molar-refractivity contribution is -0.114. The van der Waals surface area contributed by atoms with Gasteiger partial charge in [-0.15, -0.1) is 0 Å². The molecule has 0 bridgehead atoms. The molecule has 6 heteroatoms. The number of carbonyl (C=O) groups is 2. The maximum Gasteiger partial charge on any atom is 0.256 e. The van der Waals surface area contributed by atoms with Gasteiger partial charge in [-0.05, 0) is 49.6 Å². The standard InChI is InChI=1S/C22H29N3O3/c1-3-4-11-25(16-19-8-7-14-28-19)21-10-9-18(23-17(2)26)15-20(21)22(27)24-12-5-6-13-24/h7-10,14-15H,3-6,11-13,16H2,1-2H3,(H,23,26). The Morgan fingerprint density at radius 1 is 1.21 bits per heavy atom. The molecule has 1 aromatic carbocycles. The van der Waals surface area contributed by atoms with Gasteiger partial charge in [-0.1, -0.05) is 13.3 Å². The van der Waals surface area contributed by atoms with E-state index in [0.29, 0.717) is 17.8 Å². The van der Waals surface area contributed by atoms with E-state index in [2.05, 4.69) is 17.1 Å². The van der Waals surface area contributed by atoms with Crippen molar-refractivity contribution in [3.63, 3.8) is 0 Å². The zero-order valence-corrected chi connectivity index (χ0v) is 16.7. The van der Waals surface area contributed by atoms with Crippen LogP contribution < -0.4 is 10.2 Å². The maximum absolute atomic E-state index is 13.2. The highest BCUT2D eigenvalue weighted by Crippen LogP contribution is 2.29. The summed E-state index contributed by atoms with van der Waals surface area (Å²) in [6.07, 6.45) is 5.83. The van der Waals surface area contributed by atoms with Crippen molar-refractivity contribution in [2.75, 3.05) is 29.9 Å². The normalized spacial score (nSPS) is 13.6. The highest BCUT2D eigenvalue weighted by atomic mass is 16.3. The van der Waals surface area contributed by atoms with E-state index in [9.17, 15) is 9.59 Å². The molecule has 150 valence electrons. The number of benzene rings is 1. The second-order valence-corrected chi connectivity index (χ2v) is 7.27. The number of hydrogen-bond acceptors (Lipinski definition) is 4. The summed E-state index contributed by atoms with van der Waals surface area (Å²) in [5.41, 5.74) is 2.17. The van der Waals surface area contributed by atoms with Crippen molar-refractivity contribution >= 4 is 23.2 Å². The molecule has 3 rings (SSSR count). The molecular formula is C22H29N3O3. The summed E-state index contributed by atoms with van der Waals surface area (Å²) in [6, 6.07) is 9.43. The van der Waals surface area contributed by atoms with Crippen molar-refractivity contribution in [1.82, 2.24) is 4.90 Å². The Morgan fingerprint density at radius 2 is 2.00 bits per heavy atom. The topological polar surface area (TPSA) is 65.8 Å². The number of nitrogens with one attached hydrogen (secondary N) is 1. The van der Waals surface area contributed by atoms with Crippen LogP contribution in [-0.4, -0.2) is 36.3 Å². The first-order valence-electron chi connectivity index (χ1n) is 10.1. The number of rotatable bonds is 8. The first-order chi connectivity index (χ1) is 13.6. The quantitative estimate of drug-likeness (QED) is 0.739. The van der Waals surface area contributed by atoms with Crippen LogP contribution in [0.4, 0.5) is 11.4 Å². The number of unbranched alkanes of at least 4 members (excludes halogenated alkanes) is 1. The summed E-state index contributed by atoms with van der Waals surface area (Å²) in [5, 5.41) is 2.80. The number of furan rings is 1. The third-order valence-electron chi connectivity index (χ3n) is 4.99. The average molecular weight is 383 g/mol. The van der Waals surface area contributed by atoms with Crippen molar-refractivity contribution in [3.8, 4) is 0 Å². The summed E-state index contributed by atoms with van der Waals surface area (Å²) in [7, 11) is 0. The Kier molecular flexibility index (Phi) is 6.74. The van der Waals surface area contributed by atoms with E-state index in [0.717, 1.165) is 56.8 Å². The molecule has 1 aromatic heterocycles. The molecule has 6 nitrogen and oxygen atoms in total. The van der Waals surface area contributed by atoms with Crippen LogP contribution in [-0.2, 0) is 11.3 Å². The van der Waals surface area contributed by atoms with Gasteiger partial charge < -0.3 is 19.5 Å². The van der Waals surface area contributed by atoms with Gasteiger partial charge in [0, 0.05) is 32.2 Å². The van der Waals surface area contributed by atoms with E-state index in [1.807, 2.05) is 29.2 Å². The van der Waals surface area contributed by atoms with Crippen LogP contribution in [0.5, 0.6) is 0 Å². The van der Waals surface area contributed by atoms with Gasteiger partial charge in [-0.25, -0.2) is 0 Å². The van der Waals surface area contributed by atoms with Crippen molar-refractivity contribution in [2.24, 2.45) is 0 Å². The van der Waals surface area contributed by atoms with E-state index < -0.39 is 0 Å². The molecule has 0 atom stereocenters. The fourth-order valence-corrected chi connectivity index (χ4v) is 3.58. The van der Waals surface area contributed by atoms with Crippen LogP contribution in [0.1, 0.15) is 55.6 Å². The molecule has 0 spiro atoms. The van der Waals surface area contributed by atoms with Gasteiger partial charge in [0.25, 0.3) is 5.91 Å². The molecule has 28 heavy (non-hydrogen) atoms. The monoisotopic (exact) mass is 383 g/mol. The van der Waals surface area contributed by atoms with Gasteiger partial charge in [-0.3, -0.25) is 9.59 Å². The summed E-state index contributed by atoms with van der Waals surface area (Å²) >= 11 is 0. The van der Waals surface area contributed by atoms with Crippen molar-refractivity contribution in [1.29, 1.82) is 0 Å². The van der Waals surface area contributed by atoms with E-state index in [4.69, 9.17) is 4.42 Å². The van der Waals surface area contributed by atoms with Crippen LogP contribution in [0.2, 0.25) is 0 Å². The smallest absolute Gasteiger partial charge is 0.256 e. The van der Waals surface area contributed by atoms with Gasteiger partial charge in [-0.2, -0.15) is 0 Å². The molecule has 1 aliphatic rings. The lowest BCUT2D eigenvalue weighted by Gasteiger charge is -2.28. The van der Waals surface area contributed by atoms with Crippen molar-refractivity contribution in [2.45, 2.75) is 46.1 Å². The predicted octanol–water partition coefficient (Wildman–Crippen LogP) is 4.28. The minimum atomic E-state index is -0.147. The number of nitrogens with zero attached hydrogens (tertiary/aromatic N) is 2. The van der Waals surface area contributed by atoms with Crippen LogP contribution in [0.3, 0.4) is 0 Å². The van der Waals surface area contributed by atoms with Gasteiger partial charge in [0.05, 0.1) is 24.1 Å². The number of likely N-dealkylation sites (tertiary alicyclic amines) is 1. The number of anilines is 2. The minimum Gasteiger partial charge on any atom is -0.467 e. The average Bonchev–Trinajstić information content (AvgIpc) is 3.38. The lowest BCUT2D eigenvalue weighted by atomic mass is 10.1. The largest absolute Gasteiger partial charge is 0.467 e. The molecule has 0 aliphatic carbocycles. The van der Waals surface area contributed by atoms with Gasteiger partial charge in [0.1, 0.15) is 5.76 Å².